The lowest BCUT2D eigenvalue weighted by Gasteiger charge is -2.50. The molecule has 3 unspecified atom stereocenters. The minimum absolute atomic E-state index is 0.588. The zero-order valence-electron chi connectivity index (χ0n) is 12.8. The first kappa shape index (κ1) is 14.3. The second kappa shape index (κ2) is 5.70. The molecule has 3 aliphatic rings. The highest BCUT2D eigenvalue weighted by molar-refractivity contribution is 9.10. The minimum Gasteiger partial charge on any atom is -0.316 e. The fourth-order valence-electron chi connectivity index (χ4n) is 5.10. The Morgan fingerprint density at radius 1 is 1.00 bits per heavy atom. The number of piperidine rings is 1. The average Bonchev–Trinajstić information content (AvgIpc) is 3.34. The van der Waals surface area contributed by atoms with E-state index in [0.29, 0.717) is 5.41 Å². The van der Waals surface area contributed by atoms with Gasteiger partial charge in [0.15, 0.2) is 0 Å². The van der Waals surface area contributed by atoms with Crippen LogP contribution in [0.2, 0.25) is 0 Å². The van der Waals surface area contributed by atoms with E-state index in [4.69, 9.17) is 0 Å². The van der Waals surface area contributed by atoms with E-state index in [2.05, 4.69) is 45.5 Å². The van der Waals surface area contributed by atoms with E-state index in [0.717, 1.165) is 17.8 Å². The largest absolute Gasteiger partial charge is 0.316 e. The van der Waals surface area contributed by atoms with Crippen LogP contribution in [0.25, 0.3) is 0 Å². The first-order valence-electron chi connectivity index (χ1n) is 8.73. The molecule has 4 rings (SSSR count). The predicted octanol–water partition coefficient (Wildman–Crippen LogP) is 5.11. The van der Waals surface area contributed by atoms with Gasteiger partial charge < -0.3 is 5.32 Å². The molecule has 2 saturated carbocycles. The molecule has 1 heterocycles. The number of halogens is 1. The monoisotopic (exact) mass is 347 g/mol. The summed E-state index contributed by atoms with van der Waals surface area (Å²) in [5.41, 5.74) is 2.15. The molecule has 0 bridgehead atoms. The number of hydrogen-bond acceptors (Lipinski definition) is 1. The van der Waals surface area contributed by atoms with Crippen LogP contribution in [-0.4, -0.2) is 13.1 Å². The van der Waals surface area contributed by atoms with Gasteiger partial charge in [0.1, 0.15) is 0 Å². The van der Waals surface area contributed by atoms with Crippen molar-refractivity contribution in [2.75, 3.05) is 13.1 Å². The maximum Gasteiger partial charge on any atom is 0.0175 e. The molecule has 1 nitrogen and oxygen atoms in total. The van der Waals surface area contributed by atoms with Crippen molar-refractivity contribution < 1.29 is 0 Å². The van der Waals surface area contributed by atoms with Crippen molar-refractivity contribution in [3.05, 3.63) is 34.3 Å². The molecular weight excluding hydrogens is 322 g/mol. The van der Waals surface area contributed by atoms with Gasteiger partial charge in [0.2, 0.25) is 0 Å². The molecule has 0 aromatic heterocycles. The molecule has 0 radical (unpaired) electrons. The van der Waals surface area contributed by atoms with Gasteiger partial charge in [-0.2, -0.15) is 0 Å². The van der Waals surface area contributed by atoms with Gasteiger partial charge in [-0.1, -0.05) is 40.9 Å². The van der Waals surface area contributed by atoms with E-state index in [1.807, 2.05) is 0 Å². The lowest BCUT2D eigenvalue weighted by molar-refractivity contribution is 0.0629. The summed E-state index contributed by atoms with van der Waals surface area (Å²) >= 11 is 3.58. The van der Waals surface area contributed by atoms with E-state index >= 15 is 0 Å². The van der Waals surface area contributed by atoms with Crippen LogP contribution in [0.15, 0.2) is 28.7 Å². The fourth-order valence-corrected chi connectivity index (χ4v) is 5.36. The maximum absolute atomic E-state index is 3.67. The van der Waals surface area contributed by atoms with Crippen LogP contribution in [0.3, 0.4) is 0 Å². The van der Waals surface area contributed by atoms with Crippen molar-refractivity contribution in [1.82, 2.24) is 5.32 Å². The van der Waals surface area contributed by atoms with Crippen molar-refractivity contribution in [3.8, 4) is 0 Å². The Morgan fingerprint density at radius 3 is 2.57 bits per heavy atom. The van der Waals surface area contributed by atoms with Crippen molar-refractivity contribution in [1.29, 1.82) is 0 Å². The number of hydrogen-bond donors (Lipinski definition) is 1. The molecule has 1 saturated heterocycles. The van der Waals surface area contributed by atoms with Crippen molar-refractivity contribution in [2.24, 2.45) is 17.3 Å². The lowest BCUT2D eigenvalue weighted by Crippen LogP contribution is -2.46. The molecule has 1 aromatic rings. The van der Waals surface area contributed by atoms with Gasteiger partial charge in [0.25, 0.3) is 0 Å². The summed E-state index contributed by atoms with van der Waals surface area (Å²) in [5.74, 6) is 2.85. The summed E-state index contributed by atoms with van der Waals surface area (Å²) in [6.07, 6.45) is 10.3. The van der Waals surface area contributed by atoms with Gasteiger partial charge in [0.05, 0.1) is 0 Å². The van der Waals surface area contributed by atoms with Gasteiger partial charge in [-0.3, -0.25) is 0 Å². The van der Waals surface area contributed by atoms with E-state index in [1.165, 1.54) is 62.5 Å². The Hall–Kier alpha value is -0.340. The highest BCUT2D eigenvalue weighted by atomic mass is 79.9. The molecular formula is C19H26BrN. The van der Waals surface area contributed by atoms with Crippen LogP contribution in [0.5, 0.6) is 0 Å². The summed E-state index contributed by atoms with van der Waals surface area (Å²) in [5, 5.41) is 3.67. The normalized spacial score (nSPS) is 36.8. The van der Waals surface area contributed by atoms with E-state index in [-0.39, 0.29) is 0 Å². The molecule has 1 spiro atoms. The molecule has 2 heteroatoms. The van der Waals surface area contributed by atoms with Crippen LogP contribution in [0.1, 0.15) is 56.4 Å². The first-order chi connectivity index (χ1) is 10.3. The number of rotatable bonds is 2. The topological polar surface area (TPSA) is 12.0 Å². The van der Waals surface area contributed by atoms with Crippen LogP contribution in [0, 0.1) is 17.3 Å². The van der Waals surface area contributed by atoms with Gasteiger partial charge in [-0.15, -0.1) is 0 Å². The Bertz CT molecular complexity index is 489. The SMILES string of the molecule is Brc1ccc(C2CNCCC23CCCC(C2CC2)C3)cc1. The van der Waals surface area contributed by atoms with Gasteiger partial charge in [0, 0.05) is 16.9 Å². The number of benzene rings is 1. The smallest absolute Gasteiger partial charge is 0.0175 e. The molecule has 1 aliphatic heterocycles. The van der Waals surface area contributed by atoms with E-state index in [9.17, 15) is 0 Å². The highest BCUT2D eigenvalue weighted by Gasteiger charge is 2.47. The summed E-state index contributed by atoms with van der Waals surface area (Å²) in [4.78, 5) is 0. The third kappa shape index (κ3) is 2.82. The zero-order chi connectivity index (χ0) is 14.3. The molecule has 2 aliphatic carbocycles. The third-order valence-electron chi connectivity index (χ3n) is 6.37. The maximum atomic E-state index is 3.67. The Labute approximate surface area is 137 Å². The van der Waals surface area contributed by atoms with Gasteiger partial charge in [-0.25, -0.2) is 0 Å². The van der Waals surface area contributed by atoms with Crippen molar-refractivity contribution in [2.45, 2.75) is 50.9 Å². The number of nitrogens with one attached hydrogen (secondary N) is 1. The molecule has 3 atom stereocenters. The van der Waals surface area contributed by atoms with Crippen LogP contribution in [-0.2, 0) is 0 Å². The van der Waals surface area contributed by atoms with Crippen LogP contribution < -0.4 is 5.32 Å². The van der Waals surface area contributed by atoms with E-state index < -0.39 is 0 Å². The molecule has 21 heavy (non-hydrogen) atoms. The summed E-state index contributed by atoms with van der Waals surface area (Å²) in [6, 6.07) is 9.14. The van der Waals surface area contributed by atoms with Gasteiger partial charge >= 0.3 is 0 Å². The quantitative estimate of drug-likeness (QED) is 0.783. The Balaban J connectivity index is 1.61. The predicted molar refractivity (Wildman–Crippen MR) is 91.5 cm³/mol. The van der Waals surface area contributed by atoms with Crippen LogP contribution >= 0.6 is 15.9 Å². The zero-order valence-corrected chi connectivity index (χ0v) is 14.4. The second-order valence-electron chi connectivity index (χ2n) is 7.61. The highest BCUT2D eigenvalue weighted by Crippen LogP contribution is 2.56. The summed E-state index contributed by atoms with van der Waals surface area (Å²) in [7, 11) is 0. The van der Waals surface area contributed by atoms with Crippen LogP contribution in [0.4, 0.5) is 0 Å². The fraction of sp³-hybridized carbons (Fsp3) is 0.684. The molecule has 114 valence electrons. The van der Waals surface area contributed by atoms with Crippen molar-refractivity contribution in [3.63, 3.8) is 0 Å². The third-order valence-corrected chi connectivity index (χ3v) is 6.90. The van der Waals surface area contributed by atoms with E-state index in [1.54, 1.807) is 5.56 Å². The average molecular weight is 348 g/mol. The molecule has 1 N–H and O–H groups in total. The standard InChI is InChI=1S/C19H26BrN/c20-17-7-5-15(6-8-17)18-13-21-11-10-19(18)9-1-2-16(12-19)14-3-4-14/h5-8,14,16,18,21H,1-4,9-13H2. The molecule has 3 fully saturated rings. The second-order valence-corrected chi connectivity index (χ2v) is 8.53. The van der Waals surface area contributed by atoms with Gasteiger partial charge in [-0.05, 0) is 73.6 Å². The molecule has 0 amide bonds. The lowest BCUT2D eigenvalue weighted by atomic mass is 9.58. The van der Waals surface area contributed by atoms with Crippen molar-refractivity contribution >= 4 is 15.9 Å². The Morgan fingerprint density at radius 2 is 1.81 bits per heavy atom. The first-order valence-corrected chi connectivity index (χ1v) is 9.52. The Kier molecular flexibility index (Phi) is 3.87. The molecule has 1 aromatic carbocycles. The summed E-state index contributed by atoms with van der Waals surface area (Å²) < 4.78 is 1.20. The summed E-state index contributed by atoms with van der Waals surface area (Å²) in [6.45, 7) is 2.41. The minimum atomic E-state index is 0.588.